The maximum atomic E-state index is 14.7. The number of carbonyl (C=O) groups is 1. The molecule has 3 rings (SSSR count). The molecule has 0 fully saturated rings. The fraction of sp³-hybridized carbons (Fsp3) is 0.526. The Bertz CT molecular complexity index is 751. The van der Waals surface area contributed by atoms with Gasteiger partial charge in [0.15, 0.2) is 0 Å². The summed E-state index contributed by atoms with van der Waals surface area (Å²) >= 11 is 4.36. The summed E-state index contributed by atoms with van der Waals surface area (Å²) in [6.07, 6.45) is 2.67. The molecule has 5 heteroatoms. The molecule has 1 atom stereocenters. The van der Waals surface area contributed by atoms with Gasteiger partial charge in [-0.2, -0.15) is 12.6 Å². The summed E-state index contributed by atoms with van der Waals surface area (Å²) in [5, 5.41) is 0.638. The van der Waals surface area contributed by atoms with E-state index in [0.29, 0.717) is 24.2 Å². The number of aromatic nitrogens is 1. The lowest BCUT2D eigenvalue weighted by molar-refractivity contribution is -0.132. The second-order valence-electron chi connectivity index (χ2n) is 6.32. The molecular weight excluding hydrogens is 323 g/mol. The summed E-state index contributed by atoms with van der Waals surface area (Å²) in [5.41, 5.74) is 2.95. The molecular formula is C19H25FN2OS. The van der Waals surface area contributed by atoms with Crippen LogP contribution in [0, 0.1) is 5.82 Å². The first kappa shape index (κ1) is 17.3. The van der Waals surface area contributed by atoms with Crippen molar-refractivity contribution in [3.8, 4) is 0 Å². The molecule has 0 N–H and O–H groups in total. The summed E-state index contributed by atoms with van der Waals surface area (Å²) in [6, 6.07) is 5.21. The molecule has 0 aliphatic heterocycles. The molecule has 1 amide bonds. The summed E-state index contributed by atoms with van der Waals surface area (Å²) < 4.78 is 16.8. The molecule has 1 unspecified atom stereocenters. The Kier molecular flexibility index (Phi) is 5.18. The Morgan fingerprint density at radius 3 is 2.79 bits per heavy atom. The predicted molar refractivity (Wildman–Crippen MR) is 99.4 cm³/mol. The van der Waals surface area contributed by atoms with E-state index in [0.717, 1.165) is 42.6 Å². The third kappa shape index (κ3) is 2.73. The van der Waals surface area contributed by atoms with Gasteiger partial charge in [-0.1, -0.05) is 6.07 Å². The Morgan fingerprint density at radius 1 is 1.38 bits per heavy atom. The molecule has 2 aromatic rings. The van der Waals surface area contributed by atoms with Crippen molar-refractivity contribution >= 4 is 29.4 Å². The molecule has 0 spiro atoms. The second-order valence-corrected chi connectivity index (χ2v) is 6.77. The van der Waals surface area contributed by atoms with E-state index in [4.69, 9.17) is 0 Å². The Morgan fingerprint density at radius 2 is 2.12 bits per heavy atom. The minimum absolute atomic E-state index is 0.133. The first-order valence-electron chi connectivity index (χ1n) is 8.83. The smallest absolute Gasteiger partial charge is 0.230 e. The van der Waals surface area contributed by atoms with Gasteiger partial charge in [-0.3, -0.25) is 4.79 Å². The average molecular weight is 348 g/mol. The van der Waals surface area contributed by atoms with Crippen LogP contribution in [0.15, 0.2) is 18.2 Å². The molecule has 0 saturated carbocycles. The lowest BCUT2D eigenvalue weighted by Crippen LogP contribution is -2.36. The van der Waals surface area contributed by atoms with Crippen LogP contribution in [0.1, 0.15) is 43.9 Å². The fourth-order valence-corrected chi connectivity index (χ4v) is 4.26. The number of rotatable bonds is 5. The van der Waals surface area contributed by atoms with Gasteiger partial charge in [0.1, 0.15) is 5.82 Å². The highest BCUT2D eigenvalue weighted by Gasteiger charge is 2.34. The van der Waals surface area contributed by atoms with Crippen molar-refractivity contribution in [3.63, 3.8) is 0 Å². The number of carbonyl (C=O) groups excluding carboxylic acids is 1. The lowest BCUT2D eigenvalue weighted by atomic mass is 9.84. The SMILES string of the molecule is CCN(CC)C(=O)C1CCCc2c1c1c(F)cccc1n2CCS. The summed E-state index contributed by atoms with van der Waals surface area (Å²) in [6.45, 7) is 6.12. The molecule has 1 aromatic carbocycles. The van der Waals surface area contributed by atoms with Gasteiger partial charge < -0.3 is 9.47 Å². The Hall–Kier alpha value is -1.49. The van der Waals surface area contributed by atoms with Gasteiger partial charge in [-0.05, 0) is 50.8 Å². The maximum absolute atomic E-state index is 14.7. The van der Waals surface area contributed by atoms with Crippen LogP contribution in [0.4, 0.5) is 4.39 Å². The average Bonchev–Trinajstić information content (AvgIpc) is 2.92. The van der Waals surface area contributed by atoms with Crippen LogP contribution in [-0.2, 0) is 17.8 Å². The van der Waals surface area contributed by atoms with E-state index in [1.165, 1.54) is 6.07 Å². The third-order valence-corrected chi connectivity index (χ3v) is 5.34. The molecule has 3 nitrogen and oxygen atoms in total. The number of hydrogen-bond acceptors (Lipinski definition) is 2. The quantitative estimate of drug-likeness (QED) is 0.812. The van der Waals surface area contributed by atoms with Crippen LogP contribution >= 0.6 is 12.6 Å². The second kappa shape index (κ2) is 7.18. The molecule has 0 bridgehead atoms. The van der Waals surface area contributed by atoms with Gasteiger partial charge in [0.2, 0.25) is 5.91 Å². The first-order valence-corrected chi connectivity index (χ1v) is 9.46. The number of aryl methyl sites for hydroxylation is 1. The van der Waals surface area contributed by atoms with E-state index in [1.54, 1.807) is 6.07 Å². The minimum Gasteiger partial charge on any atom is -0.343 e. The van der Waals surface area contributed by atoms with Crippen LogP contribution in [0.3, 0.4) is 0 Å². The number of hydrogen-bond donors (Lipinski definition) is 1. The molecule has 1 heterocycles. The standard InChI is InChI=1S/C19H25FN2OS/c1-3-21(4-2)19(23)13-7-5-9-15-17(13)18-14(20)8-6-10-16(18)22(15)11-12-24/h6,8,10,13,24H,3-5,7,9,11-12H2,1-2H3. The number of nitrogens with zero attached hydrogens (tertiary/aromatic N) is 2. The monoisotopic (exact) mass is 348 g/mol. The van der Waals surface area contributed by atoms with Gasteiger partial charge in [0, 0.05) is 36.5 Å². The third-order valence-electron chi connectivity index (χ3n) is 5.14. The van der Waals surface area contributed by atoms with Crippen LogP contribution < -0.4 is 0 Å². The van der Waals surface area contributed by atoms with Gasteiger partial charge in [-0.25, -0.2) is 4.39 Å². The molecule has 130 valence electrons. The number of benzene rings is 1. The Labute approximate surface area is 148 Å². The van der Waals surface area contributed by atoms with Crippen LogP contribution in [0.2, 0.25) is 0 Å². The van der Waals surface area contributed by atoms with E-state index >= 15 is 0 Å². The summed E-state index contributed by atoms with van der Waals surface area (Å²) in [7, 11) is 0. The number of halogens is 1. The summed E-state index contributed by atoms with van der Waals surface area (Å²) in [5.74, 6) is 0.380. The van der Waals surface area contributed by atoms with Crippen molar-refractivity contribution in [3.05, 3.63) is 35.3 Å². The van der Waals surface area contributed by atoms with Crippen molar-refractivity contribution in [1.29, 1.82) is 0 Å². The molecule has 24 heavy (non-hydrogen) atoms. The zero-order chi connectivity index (χ0) is 17.3. The van der Waals surface area contributed by atoms with Crippen molar-refractivity contribution in [2.24, 2.45) is 0 Å². The highest BCUT2D eigenvalue weighted by molar-refractivity contribution is 7.80. The van der Waals surface area contributed by atoms with Gasteiger partial charge in [-0.15, -0.1) is 0 Å². The molecule has 0 radical (unpaired) electrons. The molecule has 1 aliphatic carbocycles. The van der Waals surface area contributed by atoms with Gasteiger partial charge in [0.05, 0.1) is 11.4 Å². The predicted octanol–water partition coefficient (Wildman–Crippen LogP) is 4.00. The maximum Gasteiger partial charge on any atom is 0.230 e. The van der Waals surface area contributed by atoms with E-state index in [-0.39, 0.29) is 17.6 Å². The van der Waals surface area contributed by atoms with E-state index in [2.05, 4.69) is 17.2 Å². The zero-order valence-electron chi connectivity index (χ0n) is 14.4. The van der Waals surface area contributed by atoms with Gasteiger partial charge in [0.25, 0.3) is 0 Å². The van der Waals surface area contributed by atoms with Crippen molar-refractivity contribution < 1.29 is 9.18 Å². The number of likely N-dealkylation sites (N-methyl/N-ethyl adjacent to an activating group) is 1. The normalized spacial score (nSPS) is 17.1. The number of amides is 1. The Balaban J connectivity index is 2.21. The van der Waals surface area contributed by atoms with E-state index < -0.39 is 0 Å². The highest BCUT2D eigenvalue weighted by Crippen LogP contribution is 2.41. The largest absolute Gasteiger partial charge is 0.343 e. The van der Waals surface area contributed by atoms with Crippen molar-refractivity contribution in [2.45, 2.75) is 45.6 Å². The molecule has 0 saturated heterocycles. The van der Waals surface area contributed by atoms with Crippen molar-refractivity contribution in [1.82, 2.24) is 9.47 Å². The fourth-order valence-electron chi connectivity index (χ4n) is 4.06. The van der Waals surface area contributed by atoms with Gasteiger partial charge >= 0.3 is 0 Å². The van der Waals surface area contributed by atoms with Crippen LogP contribution in [0.25, 0.3) is 10.9 Å². The lowest BCUT2D eigenvalue weighted by Gasteiger charge is -2.29. The minimum atomic E-state index is -0.228. The van der Waals surface area contributed by atoms with E-state index in [9.17, 15) is 9.18 Å². The number of fused-ring (bicyclic) bond motifs is 3. The van der Waals surface area contributed by atoms with Crippen molar-refractivity contribution in [2.75, 3.05) is 18.8 Å². The molecule has 1 aliphatic rings. The highest BCUT2D eigenvalue weighted by atomic mass is 32.1. The molecule has 1 aromatic heterocycles. The van der Waals surface area contributed by atoms with E-state index in [1.807, 2.05) is 24.8 Å². The topological polar surface area (TPSA) is 25.2 Å². The summed E-state index contributed by atoms with van der Waals surface area (Å²) in [4.78, 5) is 14.9. The first-order chi connectivity index (χ1) is 11.6. The van der Waals surface area contributed by atoms with Crippen LogP contribution in [0.5, 0.6) is 0 Å². The zero-order valence-corrected chi connectivity index (χ0v) is 15.3. The van der Waals surface area contributed by atoms with Crippen LogP contribution in [-0.4, -0.2) is 34.2 Å². The number of thiol groups is 1.